The fourth-order valence-corrected chi connectivity index (χ4v) is 3.77. The maximum absolute atomic E-state index is 14.2. The molecule has 0 saturated carbocycles. The number of rotatable bonds is 5. The molecule has 2 aromatic rings. The molecular weight excluding hydrogens is 393 g/mol. The monoisotopic (exact) mass is 420 g/mol. The van der Waals surface area contributed by atoms with Gasteiger partial charge < -0.3 is 9.64 Å². The van der Waals surface area contributed by atoms with Crippen LogP contribution in [-0.4, -0.2) is 37.3 Å². The predicted molar refractivity (Wildman–Crippen MR) is 111 cm³/mol. The third-order valence-corrected chi connectivity index (χ3v) is 5.33. The Kier molecular flexibility index (Phi) is 6.41. The highest BCUT2D eigenvalue weighted by molar-refractivity contribution is 6.08. The largest absolute Gasteiger partial charge is 0.493 e. The molecule has 0 atom stereocenters. The summed E-state index contributed by atoms with van der Waals surface area (Å²) in [5, 5.41) is 0. The molecule has 0 aliphatic carbocycles. The van der Waals surface area contributed by atoms with E-state index in [1.807, 2.05) is 31.9 Å². The van der Waals surface area contributed by atoms with Crippen LogP contribution in [0, 0.1) is 0 Å². The first-order chi connectivity index (χ1) is 14.1. The van der Waals surface area contributed by atoms with Gasteiger partial charge in [0.1, 0.15) is 5.75 Å². The topological polar surface area (TPSA) is 32.8 Å². The average molecular weight is 420 g/mol. The summed E-state index contributed by atoms with van der Waals surface area (Å²) < 4.78 is 48.1. The molecule has 2 aromatic carbocycles. The quantitative estimate of drug-likeness (QED) is 0.610. The van der Waals surface area contributed by atoms with E-state index in [1.54, 1.807) is 25.1 Å². The third-order valence-electron chi connectivity index (χ3n) is 5.33. The van der Waals surface area contributed by atoms with Crippen molar-refractivity contribution >= 4 is 11.6 Å². The second kappa shape index (κ2) is 8.68. The number of carbonyl (C=O) groups excluding carboxylic acids is 1. The second-order valence-corrected chi connectivity index (χ2v) is 7.85. The lowest BCUT2D eigenvalue weighted by Gasteiger charge is -2.32. The van der Waals surface area contributed by atoms with Gasteiger partial charge in [0.05, 0.1) is 17.9 Å². The molecule has 1 amide bonds. The van der Waals surface area contributed by atoms with E-state index in [-0.39, 0.29) is 34.4 Å². The van der Waals surface area contributed by atoms with Crippen LogP contribution in [0.25, 0.3) is 0 Å². The number of hydrogen-bond acceptors (Lipinski definition) is 3. The van der Waals surface area contributed by atoms with Gasteiger partial charge in [-0.1, -0.05) is 32.0 Å². The molecule has 0 radical (unpaired) electrons. The summed E-state index contributed by atoms with van der Waals surface area (Å²) in [6.07, 6.45) is -4.41. The summed E-state index contributed by atoms with van der Waals surface area (Å²) in [6, 6.07) is 9.54. The van der Waals surface area contributed by atoms with Crippen molar-refractivity contribution in [2.75, 3.05) is 25.1 Å². The van der Waals surface area contributed by atoms with E-state index >= 15 is 0 Å². The summed E-state index contributed by atoms with van der Waals surface area (Å²) in [4.78, 5) is 15.2. The van der Waals surface area contributed by atoms with Gasteiger partial charge >= 0.3 is 6.30 Å². The number of fused-ring (bicyclic) bond motifs is 1. The maximum Gasteiger partial charge on any atom is 0.491 e. The molecule has 0 N–H and O–H groups in total. The van der Waals surface area contributed by atoms with Crippen LogP contribution in [-0.2, 0) is 13.0 Å². The van der Waals surface area contributed by atoms with E-state index in [2.05, 4.69) is 0 Å². The van der Waals surface area contributed by atoms with Crippen LogP contribution in [0.4, 0.5) is 18.9 Å². The van der Waals surface area contributed by atoms with E-state index in [1.165, 1.54) is 12.1 Å². The number of ether oxygens (including phenoxy) is 1. The summed E-state index contributed by atoms with van der Waals surface area (Å²) in [7, 11) is 1.92. The minimum Gasteiger partial charge on any atom is -0.493 e. The highest BCUT2D eigenvalue weighted by atomic mass is 19.4. The minimum atomic E-state index is -4.87. The standard InChI is InChI=1S/C23H27F3N2O2/c1-5-30-21-13-16(15(2)3)9-10-19(21)22(29)28(23(24,25)26)20-8-6-7-17-14-27(4)12-11-18(17)20/h6-10,13,15H,5,11-12,14H2,1-4H3. The first-order valence-electron chi connectivity index (χ1n) is 10.1. The Morgan fingerprint density at radius 2 is 1.97 bits per heavy atom. The molecule has 0 spiro atoms. The van der Waals surface area contributed by atoms with Crippen LogP contribution < -0.4 is 9.64 Å². The molecule has 0 fully saturated rings. The third kappa shape index (κ3) is 4.46. The zero-order valence-electron chi connectivity index (χ0n) is 17.7. The average Bonchev–Trinajstić information content (AvgIpc) is 2.67. The normalized spacial score (nSPS) is 14.5. The van der Waals surface area contributed by atoms with Crippen molar-refractivity contribution in [3.63, 3.8) is 0 Å². The fraction of sp³-hybridized carbons (Fsp3) is 0.435. The Labute approximate surface area is 175 Å². The Morgan fingerprint density at radius 3 is 2.60 bits per heavy atom. The van der Waals surface area contributed by atoms with Crippen LogP contribution in [0.2, 0.25) is 0 Å². The Hall–Kier alpha value is -2.54. The lowest BCUT2D eigenvalue weighted by Crippen LogP contribution is -2.44. The second-order valence-electron chi connectivity index (χ2n) is 7.85. The van der Waals surface area contributed by atoms with Crippen molar-refractivity contribution in [3.8, 4) is 5.75 Å². The number of alkyl halides is 3. The van der Waals surface area contributed by atoms with Crippen LogP contribution >= 0.6 is 0 Å². The molecule has 162 valence electrons. The highest BCUT2D eigenvalue weighted by Crippen LogP contribution is 2.37. The van der Waals surface area contributed by atoms with Crippen molar-refractivity contribution in [1.29, 1.82) is 0 Å². The van der Waals surface area contributed by atoms with Gasteiger partial charge in [-0.3, -0.25) is 4.79 Å². The predicted octanol–water partition coefficient (Wildman–Crippen LogP) is 5.36. The van der Waals surface area contributed by atoms with Gasteiger partial charge in [0.2, 0.25) is 0 Å². The number of hydrogen-bond donors (Lipinski definition) is 0. The smallest absolute Gasteiger partial charge is 0.491 e. The van der Waals surface area contributed by atoms with Crippen LogP contribution in [0.1, 0.15) is 53.7 Å². The molecule has 0 unspecified atom stereocenters. The van der Waals surface area contributed by atoms with Gasteiger partial charge in [-0.05, 0) is 61.2 Å². The minimum absolute atomic E-state index is 0.0376. The van der Waals surface area contributed by atoms with Gasteiger partial charge in [0.25, 0.3) is 5.91 Å². The molecule has 3 rings (SSSR count). The lowest BCUT2D eigenvalue weighted by molar-refractivity contribution is -0.122. The van der Waals surface area contributed by atoms with Crippen molar-refractivity contribution in [2.45, 2.75) is 46.0 Å². The van der Waals surface area contributed by atoms with Gasteiger partial charge in [0.15, 0.2) is 0 Å². The number of amides is 1. The molecule has 1 aliphatic heterocycles. The highest BCUT2D eigenvalue weighted by Gasteiger charge is 2.44. The van der Waals surface area contributed by atoms with Crippen molar-refractivity contribution in [2.24, 2.45) is 0 Å². The zero-order valence-corrected chi connectivity index (χ0v) is 17.7. The first kappa shape index (κ1) is 22.2. The van der Waals surface area contributed by atoms with Crippen LogP contribution in [0.15, 0.2) is 36.4 Å². The molecule has 0 aromatic heterocycles. The van der Waals surface area contributed by atoms with Crippen molar-refractivity contribution < 1.29 is 22.7 Å². The molecule has 1 heterocycles. The van der Waals surface area contributed by atoms with Gasteiger partial charge in [-0.15, -0.1) is 13.2 Å². The summed E-state index contributed by atoms with van der Waals surface area (Å²) >= 11 is 0. The summed E-state index contributed by atoms with van der Waals surface area (Å²) in [5.74, 6) is -0.800. The maximum atomic E-state index is 14.2. The number of nitrogens with zero attached hydrogens (tertiary/aromatic N) is 2. The Balaban J connectivity index is 2.11. The summed E-state index contributed by atoms with van der Waals surface area (Å²) in [5.41, 5.74) is 2.08. The lowest BCUT2D eigenvalue weighted by atomic mass is 9.96. The molecule has 1 aliphatic rings. The van der Waals surface area contributed by atoms with Gasteiger partial charge in [-0.25, -0.2) is 4.90 Å². The Morgan fingerprint density at radius 1 is 1.23 bits per heavy atom. The molecule has 30 heavy (non-hydrogen) atoms. The van der Waals surface area contributed by atoms with Gasteiger partial charge in [-0.2, -0.15) is 0 Å². The SMILES string of the molecule is CCOc1cc(C(C)C)ccc1C(=O)N(c1cccc2c1CCN(C)C2)C(F)(F)F. The van der Waals surface area contributed by atoms with E-state index in [0.717, 1.165) is 11.1 Å². The van der Waals surface area contributed by atoms with E-state index in [4.69, 9.17) is 4.74 Å². The molecule has 0 bridgehead atoms. The summed E-state index contributed by atoms with van der Waals surface area (Å²) in [6.45, 7) is 7.13. The zero-order chi connectivity index (χ0) is 22.1. The number of halogens is 3. The number of likely N-dealkylation sites (N-methyl/N-ethyl adjacent to an activating group) is 1. The molecule has 4 nitrogen and oxygen atoms in total. The van der Waals surface area contributed by atoms with Crippen molar-refractivity contribution in [1.82, 2.24) is 4.90 Å². The molecule has 7 heteroatoms. The van der Waals surface area contributed by atoms with Crippen molar-refractivity contribution in [3.05, 3.63) is 58.7 Å². The first-order valence-corrected chi connectivity index (χ1v) is 10.1. The van der Waals surface area contributed by atoms with Crippen LogP contribution in [0.3, 0.4) is 0 Å². The molecular formula is C23H27F3N2O2. The molecule has 0 saturated heterocycles. The fourth-order valence-electron chi connectivity index (χ4n) is 3.77. The van der Waals surface area contributed by atoms with E-state index < -0.39 is 12.2 Å². The number of carbonyl (C=O) groups is 1. The van der Waals surface area contributed by atoms with E-state index in [9.17, 15) is 18.0 Å². The van der Waals surface area contributed by atoms with Crippen LogP contribution in [0.5, 0.6) is 5.75 Å². The Bertz CT molecular complexity index is 925. The van der Waals surface area contributed by atoms with Gasteiger partial charge in [0, 0.05) is 13.1 Å². The number of anilines is 1. The van der Waals surface area contributed by atoms with E-state index in [0.29, 0.717) is 25.1 Å². The number of benzene rings is 2.